The standard InChI is InChI=1S/C21H32O3/c1-19-12-18-17(24-18)11-13(19)3-4-14-15(19)5-7-20(2)16(14)6-8-21(20)22-9-10-23-21/h13-18H,3-12H2,1-2H3/t13-,14-,15+,16+,17-,18-,19+,20+/m1/s1. The summed E-state index contributed by atoms with van der Waals surface area (Å²) in [5, 5.41) is 0. The molecule has 4 saturated carbocycles. The van der Waals surface area contributed by atoms with E-state index in [1.54, 1.807) is 0 Å². The van der Waals surface area contributed by atoms with Crippen LogP contribution in [0.3, 0.4) is 0 Å². The van der Waals surface area contributed by atoms with Gasteiger partial charge in [-0.1, -0.05) is 13.8 Å². The van der Waals surface area contributed by atoms with E-state index in [0.29, 0.717) is 17.6 Å². The van der Waals surface area contributed by atoms with E-state index < -0.39 is 0 Å². The van der Waals surface area contributed by atoms with Crippen LogP contribution in [0.25, 0.3) is 0 Å². The summed E-state index contributed by atoms with van der Waals surface area (Å²) in [6.45, 7) is 6.73. The highest BCUT2D eigenvalue weighted by atomic mass is 16.7. The van der Waals surface area contributed by atoms with Gasteiger partial charge in [0.15, 0.2) is 5.79 Å². The van der Waals surface area contributed by atoms with Gasteiger partial charge in [0.25, 0.3) is 0 Å². The fraction of sp³-hybridized carbons (Fsp3) is 1.00. The van der Waals surface area contributed by atoms with Crippen LogP contribution in [0.1, 0.15) is 65.2 Å². The van der Waals surface area contributed by atoms with Gasteiger partial charge in [0.1, 0.15) is 0 Å². The minimum absolute atomic E-state index is 0.238. The number of hydrogen-bond donors (Lipinski definition) is 0. The van der Waals surface area contributed by atoms with E-state index in [1.165, 1.54) is 44.9 Å². The highest BCUT2D eigenvalue weighted by Crippen LogP contribution is 2.70. The summed E-state index contributed by atoms with van der Waals surface area (Å²) in [7, 11) is 0. The number of fused-ring (bicyclic) bond motifs is 7. The molecule has 134 valence electrons. The van der Waals surface area contributed by atoms with Gasteiger partial charge in [-0.15, -0.1) is 0 Å². The van der Waals surface area contributed by atoms with E-state index in [4.69, 9.17) is 14.2 Å². The zero-order chi connectivity index (χ0) is 16.2. The molecule has 6 fully saturated rings. The first-order valence-corrected chi connectivity index (χ1v) is 10.5. The monoisotopic (exact) mass is 332 g/mol. The van der Waals surface area contributed by atoms with Crippen LogP contribution in [-0.2, 0) is 14.2 Å². The maximum atomic E-state index is 6.27. The molecule has 2 heterocycles. The second-order valence-electron chi connectivity index (χ2n) is 10.3. The predicted molar refractivity (Wildman–Crippen MR) is 90.4 cm³/mol. The van der Waals surface area contributed by atoms with Crippen molar-refractivity contribution in [2.45, 2.75) is 83.2 Å². The van der Waals surface area contributed by atoms with Gasteiger partial charge in [-0.25, -0.2) is 0 Å². The van der Waals surface area contributed by atoms with Crippen molar-refractivity contribution in [2.24, 2.45) is 34.5 Å². The second-order valence-corrected chi connectivity index (χ2v) is 10.3. The molecule has 3 heteroatoms. The Hall–Kier alpha value is -0.120. The van der Waals surface area contributed by atoms with Crippen molar-refractivity contribution in [1.82, 2.24) is 0 Å². The molecule has 3 nitrogen and oxygen atoms in total. The van der Waals surface area contributed by atoms with Gasteiger partial charge in [0, 0.05) is 11.8 Å². The molecule has 24 heavy (non-hydrogen) atoms. The van der Waals surface area contributed by atoms with Crippen molar-refractivity contribution in [3.8, 4) is 0 Å². The van der Waals surface area contributed by atoms with E-state index in [-0.39, 0.29) is 11.2 Å². The highest BCUT2D eigenvalue weighted by Gasteiger charge is 2.68. The number of ether oxygens (including phenoxy) is 3. The zero-order valence-electron chi connectivity index (χ0n) is 15.3. The fourth-order valence-corrected chi connectivity index (χ4v) is 8.41. The smallest absolute Gasteiger partial charge is 0.174 e. The number of rotatable bonds is 0. The van der Waals surface area contributed by atoms with Crippen LogP contribution < -0.4 is 0 Å². The van der Waals surface area contributed by atoms with E-state index in [1.807, 2.05) is 0 Å². The average molecular weight is 332 g/mol. The van der Waals surface area contributed by atoms with Crippen molar-refractivity contribution in [3.05, 3.63) is 0 Å². The molecule has 2 saturated heterocycles. The molecule has 1 spiro atoms. The maximum Gasteiger partial charge on any atom is 0.174 e. The van der Waals surface area contributed by atoms with E-state index in [0.717, 1.165) is 43.3 Å². The lowest BCUT2D eigenvalue weighted by molar-refractivity contribution is -0.246. The van der Waals surface area contributed by atoms with Gasteiger partial charge in [0.2, 0.25) is 0 Å². The second kappa shape index (κ2) is 4.58. The molecular formula is C21H32O3. The van der Waals surface area contributed by atoms with E-state index >= 15 is 0 Å². The molecule has 0 N–H and O–H groups in total. The Morgan fingerprint density at radius 2 is 1.62 bits per heavy atom. The van der Waals surface area contributed by atoms with Crippen molar-refractivity contribution in [3.63, 3.8) is 0 Å². The van der Waals surface area contributed by atoms with Crippen LogP contribution in [0.2, 0.25) is 0 Å². The Bertz CT molecular complexity index is 553. The van der Waals surface area contributed by atoms with Crippen LogP contribution in [0, 0.1) is 34.5 Å². The molecule has 6 aliphatic rings. The zero-order valence-corrected chi connectivity index (χ0v) is 15.3. The van der Waals surface area contributed by atoms with E-state index in [2.05, 4.69) is 13.8 Å². The summed E-state index contributed by atoms with van der Waals surface area (Å²) in [5.74, 6) is 3.30. The number of epoxide rings is 1. The molecule has 8 atom stereocenters. The van der Waals surface area contributed by atoms with Crippen molar-refractivity contribution < 1.29 is 14.2 Å². The molecule has 0 aromatic carbocycles. The Labute approximate surface area is 145 Å². The van der Waals surface area contributed by atoms with Crippen LogP contribution in [0.15, 0.2) is 0 Å². The van der Waals surface area contributed by atoms with E-state index in [9.17, 15) is 0 Å². The molecule has 0 aromatic heterocycles. The Kier molecular flexibility index (Phi) is 2.86. The summed E-state index contributed by atoms with van der Waals surface area (Å²) in [4.78, 5) is 0. The molecular weight excluding hydrogens is 300 g/mol. The van der Waals surface area contributed by atoms with Crippen LogP contribution in [-0.4, -0.2) is 31.2 Å². The minimum Gasteiger partial charge on any atom is -0.370 e. The van der Waals surface area contributed by atoms with Gasteiger partial charge >= 0.3 is 0 Å². The summed E-state index contributed by atoms with van der Waals surface area (Å²) in [6, 6.07) is 0. The molecule has 0 aromatic rings. The maximum absolute atomic E-state index is 6.27. The van der Waals surface area contributed by atoms with Crippen LogP contribution in [0.5, 0.6) is 0 Å². The lowest BCUT2D eigenvalue weighted by atomic mass is 9.45. The summed E-state index contributed by atoms with van der Waals surface area (Å²) < 4.78 is 18.5. The van der Waals surface area contributed by atoms with Gasteiger partial charge in [-0.3, -0.25) is 0 Å². The summed E-state index contributed by atoms with van der Waals surface area (Å²) in [6.07, 6.45) is 11.9. The van der Waals surface area contributed by atoms with Gasteiger partial charge in [-0.05, 0) is 74.0 Å². The van der Waals surface area contributed by atoms with Crippen LogP contribution >= 0.6 is 0 Å². The van der Waals surface area contributed by atoms with Gasteiger partial charge in [-0.2, -0.15) is 0 Å². The SMILES string of the molecule is C[C@]12C[C@H]3O[C@@H]3C[C@H]1CC[C@@H]1[C@@H]2CC[C@@]2(C)[C@H]1CCC21OCCO1. The third-order valence-electron chi connectivity index (χ3n) is 9.71. The Balaban J connectivity index is 1.34. The third-order valence-corrected chi connectivity index (χ3v) is 9.71. The Morgan fingerprint density at radius 3 is 2.46 bits per heavy atom. The van der Waals surface area contributed by atoms with Gasteiger partial charge in [0.05, 0.1) is 25.4 Å². The average Bonchev–Trinajstić information content (AvgIpc) is 3.01. The van der Waals surface area contributed by atoms with Gasteiger partial charge < -0.3 is 14.2 Å². The normalized spacial score (nSPS) is 60.2. The molecule has 0 unspecified atom stereocenters. The first-order chi connectivity index (χ1) is 11.6. The topological polar surface area (TPSA) is 31.0 Å². The largest absolute Gasteiger partial charge is 0.370 e. The molecule has 4 aliphatic carbocycles. The predicted octanol–water partition coefficient (Wildman–Crippen LogP) is 4.15. The molecule has 0 bridgehead atoms. The summed E-state index contributed by atoms with van der Waals surface area (Å²) >= 11 is 0. The Morgan fingerprint density at radius 1 is 0.833 bits per heavy atom. The first-order valence-electron chi connectivity index (χ1n) is 10.5. The van der Waals surface area contributed by atoms with Crippen LogP contribution in [0.4, 0.5) is 0 Å². The molecule has 0 amide bonds. The summed E-state index contributed by atoms with van der Waals surface area (Å²) in [5.41, 5.74) is 0.788. The molecule has 0 radical (unpaired) electrons. The quantitative estimate of drug-likeness (QED) is 0.624. The molecule has 2 aliphatic heterocycles. The van der Waals surface area contributed by atoms with Crippen molar-refractivity contribution >= 4 is 0 Å². The van der Waals surface area contributed by atoms with Crippen molar-refractivity contribution in [2.75, 3.05) is 13.2 Å². The van der Waals surface area contributed by atoms with Crippen molar-refractivity contribution in [1.29, 1.82) is 0 Å². The highest BCUT2D eigenvalue weighted by molar-refractivity contribution is 5.14. The minimum atomic E-state index is -0.238. The lowest BCUT2D eigenvalue weighted by Gasteiger charge is -2.60. The lowest BCUT2D eigenvalue weighted by Crippen LogP contribution is -2.57. The third kappa shape index (κ3) is 1.66. The number of hydrogen-bond acceptors (Lipinski definition) is 3. The fourth-order valence-electron chi connectivity index (χ4n) is 8.41. The molecule has 6 rings (SSSR count). The first kappa shape index (κ1) is 15.0.